The van der Waals surface area contributed by atoms with Gasteiger partial charge in [-0.1, -0.05) is 36.4 Å². The molecule has 160 valence electrons. The SMILES string of the molecule is O=C(N/N=C\c1cc(Br)c(OCc2ccccc2)c(Br)c1)c1cccc(C(F)(F)F)c1. The lowest BCUT2D eigenvalue weighted by Gasteiger charge is -2.11. The van der Waals surface area contributed by atoms with Gasteiger partial charge in [-0.2, -0.15) is 18.3 Å². The van der Waals surface area contributed by atoms with Crippen LogP contribution in [0.15, 0.2) is 80.8 Å². The van der Waals surface area contributed by atoms with Crippen LogP contribution in [-0.2, 0) is 12.8 Å². The molecule has 0 unspecified atom stereocenters. The van der Waals surface area contributed by atoms with E-state index in [-0.39, 0.29) is 5.56 Å². The molecule has 0 saturated heterocycles. The molecule has 1 N–H and O–H groups in total. The summed E-state index contributed by atoms with van der Waals surface area (Å²) in [5, 5.41) is 3.83. The fraction of sp³-hybridized carbons (Fsp3) is 0.0909. The number of nitrogens with zero attached hydrogens (tertiary/aromatic N) is 1. The molecular formula is C22H15Br2F3N2O2. The van der Waals surface area contributed by atoms with Crippen LogP contribution in [-0.4, -0.2) is 12.1 Å². The Morgan fingerprint density at radius 3 is 2.32 bits per heavy atom. The van der Waals surface area contributed by atoms with Crippen LogP contribution in [0.2, 0.25) is 0 Å². The minimum Gasteiger partial charge on any atom is -0.487 e. The summed E-state index contributed by atoms with van der Waals surface area (Å²) in [4.78, 5) is 12.1. The molecule has 9 heteroatoms. The highest BCUT2D eigenvalue weighted by molar-refractivity contribution is 9.11. The van der Waals surface area contributed by atoms with Crippen molar-refractivity contribution in [1.82, 2.24) is 5.43 Å². The summed E-state index contributed by atoms with van der Waals surface area (Å²) in [6, 6.07) is 17.3. The van der Waals surface area contributed by atoms with Gasteiger partial charge in [-0.15, -0.1) is 0 Å². The Kier molecular flexibility index (Phi) is 7.50. The number of ether oxygens (including phenoxy) is 1. The first-order chi connectivity index (χ1) is 14.7. The van der Waals surface area contributed by atoms with Gasteiger partial charge in [0.2, 0.25) is 0 Å². The van der Waals surface area contributed by atoms with Crippen molar-refractivity contribution in [2.24, 2.45) is 5.10 Å². The summed E-state index contributed by atoms with van der Waals surface area (Å²) in [6.07, 6.45) is -3.15. The third kappa shape index (κ3) is 6.41. The predicted octanol–water partition coefficient (Wildman–Crippen LogP) is 6.57. The normalized spacial score (nSPS) is 11.5. The maximum absolute atomic E-state index is 12.8. The van der Waals surface area contributed by atoms with E-state index in [1.807, 2.05) is 30.3 Å². The Morgan fingerprint density at radius 2 is 1.68 bits per heavy atom. The average molecular weight is 556 g/mol. The molecule has 0 fully saturated rings. The van der Waals surface area contributed by atoms with E-state index in [1.54, 1.807) is 12.1 Å². The summed E-state index contributed by atoms with van der Waals surface area (Å²) in [5.74, 6) is -0.141. The van der Waals surface area contributed by atoms with Crippen LogP contribution in [0.5, 0.6) is 5.75 Å². The summed E-state index contributed by atoms with van der Waals surface area (Å²) in [7, 11) is 0. The predicted molar refractivity (Wildman–Crippen MR) is 119 cm³/mol. The van der Waals surface area contributed by atoms with E-state index in [1.165, 1.54) is 18.3 Å². The fourth-order valence-corrected chi connectivity index (χ4v) is 4.04. The molecule has 0 aliphatic heterocycles. The molecular weight excluding hydrogens is 541 g/mol. The number of rotatable bonds is 6. The summed E-state index contributed by atoms with van der Waals surface area (Å²) >= 11 is 6.89. The number of hydrogen-bond donors (Lipinski definition) is 1. The first kappa shape index (κ1) is 23.0. The first-order valence-electron chi connectivity index (χ1n) is 8.90. The molecule has 3 aromatic carbocycles. The molecule has 0 bridgehead atoms. The van der Waals surface area contributed by atoms with Gasteiger partial charge in [0.25, 0.3) is 5.91 Å². The number of amides is 1. The molecule has 0 aromatic heterocycles. The van der Waals surface area contributed by atoms with E-state index in [9.17, 15) is 18.0 Å². The second-order valence-corrected chi connectivity index (χ2v) is 8.07. The second kappa shape index (κ2) is 10.1. The Bertz CT molecular complexity index is 1080. The molecule has 0 aliphatic carbocycles. The summed E-state index contributed by atoms with van der Waals surface area (Å²) in [5.41, 5.74) is 2.84. The van der Waals surface area contributed by atoms with Crippen LogP contribution in [0, 0.1) is 0 Å². The van der Waals surface area contributed by atoms with Crippen molar-refractivity contribution >= 4 is 44.0 Å². The molecule has 3 aromatic rings. The van der Waals surface area contributed by atoms with Gasteiger partial charge in [0, 0.05) is 5.56 Å². The lowest BCUT2D eigenvalue weighted by atomic mass is 10.1. The molecule has 0 saturated carbocycles. The minimum absolute atomic E-state index is 0.140. The minimum atomic E-state index is -4.53. The van der Waals surface area contributed by atoms with Crippen LogP contribution < -0.4 is 10.2 Å². The van der Waals surface area contributed by atoms with Gasteiger partial charge in [0.1, 0.15) is 12.4 Å². The van der Waals surface area contributed by atoms with Gasteiger partial charge in [-0.3, -0.25) is 4.79 Å². The summed E-state index contributed by atoms with van der Waals surface area (Å²) in [6.45, 7) is 0.387. The topological polar surface area (TPSA) is 50.7 Å². The highest BCUT2D eigenvalue weighted by Crippen LogP contribution is 2.35. The molecule has 4 nitrogen and oxygen atoms in total. The van der Waals surface area contributed by atoms with Gasteiger partial charge in [0.15, 0.2) is 0 Å². The Hall–Kier alpha value is -2.65. The van der Waals surface area contributed by atoms with Gasteiger partial charge in [-0.25, -0.2) is 5.43 Å². The molecule has 0 spiro atoms. The molecule has 31 heavy (non-hydrogen) atoms. The zero-order chi connectivity index (χ0) is 22.4. The van der Waals surface area contributed by atoms with Crippen molar-refractivity contribution < 1.29 is 22.7 Å². The Balaban J connectivity index is 1.65. The van der Waals surface area contributed by atoms with E-state index in [0.717, 1.165) is 17.7 Å². The van der Waals surface area contributed by atoms with Crippen LogP contribution in [0.1, 0.15) is 27.0 Å². The number of benzene rings is 3. The standard InChI is InChI=1S/C22H15Br2F3N2O2/c23-18-9-15(10-19(24)20(18)31-13-14-5-2-1-3-6-14)12-28-29-21(30)16-7-4-8-17(11-16)22(25,26)27/h1-12H,13H2,(H,29,30)/b28-12-. The molecule has 0 heterocycles. The van der Waals surface area contributed by atoms with Crippen molar-refractivity contribution in [3.05, 3.63) is 97.9 Å². The van der Waals surface area contributed by atoms with Crippen LogP contribution in [0.25, 0.3) is 0 Å². The van der Waals surface area contributed by atoms with E-state index in [4.69, 9.17) is 4.74 Å². The van der Waals surface area contributed by atoms with Crippen molar-refractivity contribution in [3.63, 3.8) is 0 Å². The number of carbonyl (C=O) groups excluding carboxylic acids is 1. The number of nitrogens with one attached hydrogen (secondary N) is 1. The number of hydrazone groups is 1. The second-order valence-electron chi connectivity index (χ2n) is 6.37. The van der Waals surface area contributed by atoms with Gasteiger partial charge in [-0.05, 0) is 73.3 Å². The van der Waals surface area contributed by atoms with Crippen LogP contribution in [0.4, 0.5) is 13.2 Å². The molecule has 3 rings (SSSR count). The Morgan fingerprint density at radius 1 is 1.00 bits per heavy atom. The monoisotopic (exact) mass is 554 g/mol. The largest absolute Gasteiger partial charge is 0.487 e. The molecule has 0 aliphatic rings. The maximum atomic E-state index is 12.8. The number of alkyl halides is 3. The van der Waals surface area contributed by atoms with Crippen molar-refractivity contribution in [3.8, 4) is 5.75 Å². The molecule has 0 atom stereocenters. The Labute approximate surface area is 193 Å². The van der Waals surface area contributed by atoms with E-state index < -0.39 is 17.6 Å². The maximum Gasteiger partial charge on any atom is 0.416 e. The molecule has 0 radical (unpaired) electrons. The van der Waals surface area contributed by atoms with E-state index in [2.05, 4.69) is 42.4 Å². The third-order valence-electron chi connectivity index (χ3n) is 4.08. The van der Waals surface area contributed by atoms with Crippen molar-refractivity contribution in [1.29, 1.82) is 0 Å². The van der Waals surface area contributed by atoms with E-state index >= 15 is 0 Å². The highest BCUT2D eigenvalue weighted by Gasteiger charge is 2.30. The van der Waals surface area contributed by atoms with Crippen molar-refractivity contribution in [2.75, 3.05) is 0 Å². The van der Waals surface area contributed by atoms with Crippen molar-refractivity contribution in [2.45, 2.75) is 12.8 Å². The van der Waals surface area contributed by atoms with E-state index in [0.29, 0.717) is 26.9 Å². The van der Waals surface area contributed by atoms with Gasteiger partial charge >= 0.3 is 6.18 Å². The average Bonchev–Trinajstić information content (AvgIpc) is 2.73. The zero-order valence-corrected chi connectivity index (χ0v) is 19.0. The smallest absolute Gasteiger partial charge is 0.416 e. The summed E-state index contributed by atoms with van der Waals surface area (Å²) < 4.78 is 45.5. The number of halogens is 5. The lowest BCUT2D eigenvalue weighted by molar-refractivity contribution is -0.137. The number of hydrogen-bond acceptors (Lipinski definition) is 3. The fourth-order valence-electron chi connectivity index (χ4n) is 2.59. The number of carbonyl (C=O) groups is 1. The van der Waals surface area contributed by atoms with Crippen LogP contribution in [0.3, 0.4) is 0 Å². The quantitative estimate of drug-likeness (QED) is 0.276. The van der Waals surface area contributed by atoms with Crippen LogP contribution >= 0.6 is 31.9 Å². The first-order valence-corrected chi connectivity index (χ1v) is 10.5. The third-order valence-corrected chi connectivity index (χ3v) is 5.26. The van der Waals surface area contributed by atoms with Gasteiger partial charge < -0.3 is 4.74 Å². The highest BCUT2D eigenvalue weighted by atomic mass is 79.9. The zero-order valence-electron chi connectivity index (χ0n) is 15.8. The van der Waals surface area contributed by atoms with Gasteiger partial charge in [0.05, 0.1) is 20.7 Å². The molecule has 1 amide bonds. The lowest BCUT2D eigenvalue weighted by Crippen LogP contribution is -2.18.